The lowest BCUT2D eigenvalue weighted by Gasteiger charge is -2.27. The van der Waals surface area contributed by atoms with Crippen LogP contribution in [-0.4, -0.2) is 41.3 Å². The van der Waals surface area contributed by atoms with E-state index in [9.17, 15) is 0 Å². The van der Waals surface area contributed by atoms with Crippen LogP contribution in [0.2, 0.25) is 0 Å². The predicted octanol–water partition coefficient (Wildman–Crippen LogP) is 4.22. The Morgan fingerprint density at radius 2 is 1.59 bits per heavy atom. The molecule has 1 fully saturated rings. The molecule has 4 rings (SSSR count). The van der Waals surface area contributed by atoms with Crippen LogP contribution in [0.1, 0.15) is 22.3 Å². The van der Waals surface area contributed by atoms with E-state index in [4.69, 9.17) is 15.3 Å². The molecule has 170 valence electrons. The van der Waals surface area contributed by atoms with Crippen molar-refractivity contribution in [3.8, 4) is 12.1 Å². The molecular formula is C25H24N8O. The number of benzene rings is 2. The van der Waals surface area contributed by atoms with E-state index in [0.29, 0.717) is 49.7 Å². The first kappa shape index (κ1) is 22.7. The second-order valence-electron chi connectivity index (χ2n) is 7.81. The number of nitriles is 2. The molecule has 0 saturated carbocycles. The summed E-state index contributed by atoms with van der Waals surface area (Å²) in [5, 5.41) is 24.4. The van der Waals surface area contributed by atoms with Crippen molar-refractivity contribution in [1.29, 1.82) is 10.5 Å². The molecule has 1 saturated heterocycles. The van der Waals surface area contributed by atoms with Crippen LogP contribution in [0.5, 0.6) is 0 Å². The summed E-state index contributed by atoms with van der Waals surface area (Å²) in [7, 11) is 0. The Hall–Kier alpha value is -4.47. The van der Waals surface area contributed by atoms with E-state index in [2.05, 4.69) is 36.6 Å². The smallest absolute Gasteiger partial charge is 0.233 e. The van der Waals surface area contributed by atoms with Gasteiger partial charge < -0.3 is 20.3 Å². The third-order valence-corrected chi connectivity index (χ3v) is 5.33. The topological polar surface area (TPSA) is 123 Å². The van der Waals surface area contributed by atoms with Crippen molar-refractivity contribution >= 4 is 35.3 Å². The summed E-state index contributed by atoms with van der Waals surface area (Å²) < 4.78 is 5.47. The fraction of sp³-hybridized carbons (Fsp3) is 0.240. The summed E-state index contributed by atoms with van der Waals surface area (Å²) in [5.41, 5.74) is 5.22. The maximum atomic E-state index is 9.03. The number of morpholine rings is 1. The number of hydrogen-bond donors (Lipinski definition) is 2. The van der Waals surface area contributed by atoms with Crippen LogP contribution in [0.3, 0.4) is 0 Å². The molecule has 2 heterocycles. The first-order valence-electron chi connectivity index (χ1n) is 10.9. The Bertz CT molecular complexity index is 1260. The lowest BCUT2D eigenvalue weighted by molar-refractivity contribution is 0.122. The zero-order valence-corrected chi connectivity index (χ0v) is 19.0. The van der Waals surface area contributed by atoms with Gasteiger partial charge in [0.2, 0.25) is 17.8 Å². The number of nitrogens with zero attached hydrogens (tertiary/aromatic N) is 6. The van der Waals surface area contributed by atoms with Crippen molar-refractivity contribution in [2.45, 2.75) is 13.8 Å². The predicted molar refractivity (Wildman–Crippen MR) is 131 cm³/mol. The summed E-state index contributed by atoms with van der Waals surface area (Å²) in [4.78, 5) is 16.0. The van der Waals surface area contributed by atoms with Gasteiger partial charge in [-0.15, -0.1) is 0 Å². The van der Waals surface area contributed by atoms with Crippen LogP contribution in [0.25, 0.3) is 6.08 Å². The molecule has 2 N–H and O–H groups in total. The highest BCUT2D eigenvalue weighted by Crippen LogP contribution is 2.27. The second kappa shape index (κ2) is 10.4. The Morgan fingerprint density at radius 1 is 0.941 bits per heavy atom. The minimum atomic E-state index is 0.396. The van der Waals surface area contributed by atoms with Gasteiger partial charge in [-0.3, -0.25) is 0 Å². The summed E-state index contributed by atoms with van der Waals surface area (Å²) >= 11 is 0. The quantitative estimate of drug-likeness (QED) is 0.529. The molecule has 1 aliphatic rings. The van der Waals surface area contributed by atoms with Gasteiger partial charge in [0.25, 0.3) is 0 Å². The molecule has 0 bridgehead atoms. The number of aromatic nitrogens is 3. The highest BCUT2D eigenvalue weighted by Gasteiger charge is 2.18. The molecule has 0 amide bonds. The van der Waals surface area contributed by atoms with Crippen LogP contribution in [0.15, 0.2) is 42.5 Å². The summed E-state index contributed by atoms with van der Waals surface area (Å²) in [6.07, 6.45) is 3.24. The number of rotatable bonds is 6. The van der Waals surface area contributed by atoms with Crippen LogP contribution in [0, 0.1) is 36.5 Å². The largest absolute Gasteiger partial charge is 0.378 e. The zero-order valence-electron chi connectivity index (χ0n) is 19.0. The van der Waals surface area contributed by atoms with Crippen molar-refractivity contribution in [3.63, 3.8) is 0 Å². The van der Waals surface area contributed by atoms with Crippen LogP contribution < -0.4 is 15.5 Å². The number of allylic oxidation sites excluding steroid dienone is 1. The molecule has 0 atom stereocenters. The van der Waals surface area contributed by atoms with Gasteiger partial charge in [0, 0.05) is 30.5 Å². The van der Waals surface area contributed by atoms with Crippen LogP contribution in [-0.2, 0) is 4.74 Å². The lowest BCUT2D eigenvalue weighted by atomic mass is 10.0. The molecule has 9 heteroatoms. The molecule has 2 aromatic carbocycles. The first-order chi connectivity index (χ1) is 16.6. The van der Waals surface area contributed by atoms with Gasteiger partial charge in [-0.25, -0.2) is 0 Å². The zero-order chi connectivity index (χ0) is 23.9. The molecule has 0 radical (unpaired) electrons. The fourth-order valence-corrected chi connectivity index (χ4v) is 3.67. The number of ether oxygens (including phenoxy) is 1. The van der Waals surface area contributed by atoms with Gasteiger partial charge in [-0.05, 0) is 73.0 Å². The van der Waals surface area contributed by atoms with E-state index in [1.807, 2.05) is 44.2 Å². The second-order valence-corrected chi connectivity index (χ2v) is 7.81. The van der Waals surface area contributed by atoms with Gasteiger partial charge in [0.05, 0.1) is 30.9 Å². The van der Waals surface area contributed by atoms with E-state index in [1.165, 1.54) is 6.08 Å². The van der Waals surface area contributed by atoms with Crippen LogP contribution in [0.4, 0.5) is 29.2 Å². The number of anilines is 5. The molecule has 3 aromatic rings. The van der Waals surface area contributed by atoms with E-state index in [-0.39, 0.29) is 0 Å². The molecule has 0 unspecified atom stereocenters. The van der Waals surface area contributed by atoms with Gasteiger partial charge >= 0.3 is 0 Å². The first-order valence-corrected chi connectivity index (χ1v) is 10.9. The standard InChI is InChI=1S/C25H24N8O/c1-17-14-20(4-3-9-26)15-18(2)22(17)29-24-30-23(28-21-7-5-19(16-27)6-8-21)31-25(32-24)33-10-12-34-13-11-33/h3-8,14-15H,10-13H2,1-2H3,(H2,28,29,30,31,32)/b4-3+. The number of hydrogen-bond acceptors (Lipinski definition) is 9. The van der Waals surface area contributed by atoms with Crippen molar-refractivity contribution in [3.05, 3.63) is 64.7 Å². The summed E-state index contributed by atoms with van der Waals surface area (Å²) in [6.45, 7) is 6.61. The average molecular weight is 453 g/mol. The van der Waals surface area contributed by atoms with Crippen molar-refractivity contribution in [2.75, 3.05) is 41.8 Å². The molecule has 0 spiro atoms. The van der Waals surface area contributed by atoms with E-state index >= 15 is 0 Å². The summed E-state index contributed by atoms with van der Waals surface area (Å²) in [5.74, 6) is 1.37. The third kappa shape index (κ3) is 5.47. The number of aryl methyl sites for hydroxylation is 2. The Labute approximate surface area is 198 Å². The average Bonchev–Trinajstić information content (AvgIpc) is 2.86. The molecule has 1 aliphatic heterocycles. The highest BCUT2D eigenvalue weighted by atomic mass is 16.5. The Balaban J connectivity index is 1.67. The van der Waals surface area contributed by atoms with Crippen molar-refractivity contribution in [1.82, 2.24) is 15.0 Å². The van der Waals surface area contributed by atoms with E-state index in [0.717, 1.165) is 28.1 Å². The van der Waals surface area contributed by atoms with E-state index in [1.54, 1.807) is 18.2 Å². The maximum Gasteiger partial charge on any atom is 0.233 e. The van der Waals surface area contributed by atoms with E-state index < -0.39 is 0 Å². The Morgan fingerprint density at radius 3 is 2.21 bits per heavy atom. The van der Waals surface area contributed by atoms with Gasteiger partial charge in [0.15, 0.2) is 0 Å². The Kier molecular flexibility index (Phi) is 6.97. The normalized spacial score (nSPS) is 13.4. The minimum Gasteiger partial charge on any atom is -0.378 e. The highest BCUT2D eigenvalue weighted by molar-refractivity contribution is 5.69. The molecule has 0 aliphatic carbocycles. The van der Waals surface area contributed by atoms with Gasteiger partial charge in [0.1, 0.15) is 0 Å². The molecule has 1 aromatic heterocycles. The van der Waals surface area contributed by atoms with Crippen molar-refractivity contribution in [2.24, 2.45) is 0 Å². The maximum absolute atomic E-state index is 9.03. The van der Waals surface area contributed by atoms with Gasteiger partial charge in [-0.2, -0.15) is 25.5 Å². The summed E-state index contributed by atoms with van der Waals surface area (Å²) in [6, 6.07) is 15.2. The van der Waals surface area contributed by atoms with Gasteiger partial charge in [-0.1, -0.05) is 0 Å². The fourth-order valence-electron chi connectivity index (χ4n) is 3.67. The molecular weight excluding hydrogens is 428 g/mol. The molecule has 9 nitrogen and oxygen atoms in total. The minimum absolute atomic E-state index is 0.396. The van der Waals surface area contributed by atoms with Crippen LogP contribution >= 0.6 is 0 Å². The number of nitrogens with one attached hydrogen (secondary N) is 2. The third-order valence-electron chi connectivity index (χ3n) is 5.33. The lowest BCUT2D eigenvalue weighted by Crippen LogP contribution is -2.37. The monoisotopic (exact) mass is 452 g/mol. The molecule has 34 heavy (non-hydrogen) atoms. The SMILES string of the molecule is Cc1cc(/C=C/C#N)cc(C)c1Nc1nc(Nc2ccc(C#N)cc2)nc(N2CCOCC2)n1. The van der Waals surface area contributed by atoms with Crippen molar-refractivity contribution < 1.29 is 4.74 Å².